The van der Waals surface area contributed by atoms with Crippen molar-refractivity contribution >= 4 is 65.1 Å². The van der Waals surface area contributed by atoms with Crippen LogP contribution < -0.4 is 15.4 Å². The molecule has 0 aliphatic heterocycles. The Morgan fingerprint density at radius 1 is 0.967 bits per heavy atom. The third-order valence-electron chi connectivity index (χ3n) is 4.39. The van der Waals surface area contributed by atoms with Crippen LogP contribution in [0.4, 0.5) is 11.4 Å². The summed E-state index contributed by atoms with van der Waals surface area (Å²) in [5.41, 5.74) is 4.95. The average Bonchev–Trinajstić information content (AvgIpc) is 2.66. The molecule has 3 aromatic rings. The highest BCUT2D eigenvalue weighted by Crippen LogP contribution is 2.34. The Hall–Kier alpha value is -1.83. The van der Waals surface area contributed by atoms with Crippen molar-refractivity contribution in [2.75, 3.05) is 17.2 Å². The highest BCUT2D eigenvalue weighted by molar-refractivity contribution is 9.11. The van der Waals surface area contributed by atoms with Crippen molar-refractivity contribution in [3.05, 3.63) is 84.7 Å². The van der Waals surface area contributed by atoms with Crippen LogP contribution in [0.1, 0.15) is 16.7 Å². The third kappa shape index (κ3) is 6.33. The van der Waals surface area contributed by atoms with Gasteiger partial charge in [0.15, 0.2) is 6.61 Å². The zero-order valence-corrected chi connectivity index (χ0v) is 21.3. The summed E-state index contributed by atoms with van der Waals surface area (Å²) in [6.07, 6.45) is 0. The topological polar surface area (TPSA) is 50.4 Å². The summed E-state index contributed by atoms with van der Waals surface area (Å²) in [6, 6.07) is 17.7. The van der Waals surface area contributed by atoms with Gasteiger partial charge in [0.1, 0.15) is 5.75 Å². The van der Waals surface area contributed by atoms with E-state index in [2.05, 4.69) is 71.4 Å². The average molecular weight is 597 g/mol. The monoisotopic (exact) mass is 594 g/mol. The molecule has 2 N–H and O–H groups in total. The van der Waals surface area contributed by atoms with Crippen LogP contribution in [0, 0.1) is 13.8 Å². The number of aryl methyl sites for hydroxylation is 2. The van der Waals surface area contributed by atoms with E-state index in [4.69, 9.17) is 4.74 Å². The van der Waals surface area contributed by atoms with Crippen molar-refractivity contribution in [1.82, 2.24) is 0 Å². The van der Waals surface area contributed by atoms with Gasteiger partial charge in [-0.25, -0.2) is 0 Å². The number of amides is 1. The van der Waals surface area contributed by atoms with Crippen LogP contribution >= 0.6 is 47.8 Å². The molecule has 0 spiro atoms. The Bertz CT molecular complexity index is 1070. The summed E-state index contributed by atoms with van der Waals surface area (Å²) in [7, 11) is 0. The van der Waals surface area contributed by atoms with Gasteiger partial charge in [-0.2, -0.15) is 0 Å². The van der Waals surface area contributed by atoms with Crippen molar-refractivity contribution in [1.29, 1.82) is 0 Å². The van der Waals surface area contributed by atoms with E-state index in [9.17, 15) is 4.79 Å². The summed E-state index contributed by atoms with van der Waals surface area (Å²) >= 11 is 10.6. The van der Waals surface area contributed by atoms with Gasteiger partial charge in [-0.1, -0.05) is 44.0 Å². The number of carbonyl (C=O) groups is 1. The van der Waals surface area contributed by atoms with Crippen molar-refractivity contribution in [2.24, 2.45) is 0 Å². The van der Waals surface area contributed by atoms with Crippen LogP contribution in [0.5, 0.6) is 5.75 Å². The van der Waals surface area contributed by atoms with Gasteiger partial charge in [-0.15, -0.1) is 0 Å². The molecular weight excluding hydrogens is 576 g/mol. The number of nitrogens with one attached hydrogen (secondary N) is 2. The first-order valence-electron chi connectivity index (χ1n) is 9.29. The van der Waals surface area contributed by atoms with E-state index < -0.39 is 0 Å². The van der Waals surface area contributed by atoms with Gasteiger partial charge >= 0.3 is 0 Å². The Morgan fingerprint density at radius 2 is 1.77 bits per heavy atom. The molecule has 0 radical (unpaired) electrons. The van der Waals surface area contributed by atoms with Gasteiger partial charge in [0, 0.05) is 32.4 Å². The summed E-state index contributed by atoms with van der Waals surface area (Å²) in [4.78, 5) is 12.4. The molecule has 0 aliphatic carbocycles. The molecule has 0 bridgehead atoms. The predicted octanol–water partition coefficient (Wildman–Crippen LogP) is 7.22. The first kappa shape index (κ1) is 22.8. The molecule has 3 aromatic carbocycles. The molecule has 0 saturated heterocycles. The van der Waals surface area contributed by atoms with Crippen LogP contribution in [0.2, 0.25) is 0 Å². The van der Waals surface area contributed by atoms with Crippen molar-refractivity contribution in [2.45, 2.75) is 20.4 Å². The lowest BCUT2D eigenvalue weighted by Gasteiger charge is -2.16. The van der Waals surface area contributed by atoms with Crippen molar-refractivity contribution < 1.29 is 9.53 Å². The van der Waals surface area contributed by atoms with E-state index in [-0.39, 0.29) is 12.5 Å². The summed E-state index contributed by atoms with van der Waals surface area (Å²) in [5, 5.41) is 6.31. The van der Waals surface area contributed by atoms with Crippen LogP contribution in [-0.2, 0) is 11.3 Å². The maximum atomic E-state index is 12.4. The quantitative estimate of drug-likeness (QED) is 0.303. The molecule has 4 nitrogen and oxygen atoms in total. The fourth-order valence-corrected chi connectivity index (χ4v) is 4.88. The minimum atomic E-state index is -0.210. The lowest BCUT2D eigenvalue weighted by Crippen LogP contribution is -2.21. The SMILES string of the molecule is Cc1cccc(NC(=O)COc2c(Br)cc(Br)cc2CNc2ccc(Br)cc2C)c1. The zero-order chi connectivity index (χ0) is 21.7. The smallest absolute Gasteiger partial charge is 0.262 e. The molecule has 3 rings (SSSR count). The normalized spacial score (nSPS) is 10.6. The van der Waals surface area contributed by atoms with Crippen LogP contribution in [-0.4, -0.2) is 12.5 Å². The third-order valence-corrected chi connectivity index (χ3v) is 5.93. The molecular formula is C23H21Br3N2O2. The minimum Gasteiger partial charge on any atom is -0.482 e. The lowest BCUT2D eigenvalue weighted by atomic mass is 10.1. The second-order valence-electron chi connectivity index (χ2n) is 6.89. The van der Waals surface area contributed by atoms with Crippen molar-refractivity contribution in [3.63, 3.8) is 0 Å². The van der Waals surface area contributed by atoms with Gasteiger partial charge in [0.2, 0.25) is 0 Å². The number of hydrogen-bond donors (Lipinski definition) is 2. The van der Waals surface area contributed by atoms with Crippen molar-refractivity contribution in [3.8, 4) is 5.75 Å². The molecule has 0 atom stereocenters. The zero-order valence-electron chi connectivity index (χ0n) is 16.6. The number of benzene rings is 3. The lowest BCUT2D eigenvalue weighted by molar-refractivity contribution is -0.118. The van der Waals surface area contributed by atoms with E-state index in [1.54, 1.807) is 0 Å². The molecule has 7 heteroatoms. The molecule has 0 fully saturated rings. The summed E-state index contributed by atoms with van der Waals surface area (Å²) in [5.74, 6) is 0.429. The highest BCUT2D eigenvalue weighted by Gasteiger charge is 2.13. The molecule has 156 valence electrons. The molecule has 0 saturated carbocycles. The molecule has 0 heterocycles. The molecule has 0 aliphatic rings. The fourth-order valence-electron chi connectivity index (χ4n) is 2.98. The second-order valence-corrected chi connectivity index (χ2v) is 9.58. The Kier molecular flexibility index (Phi) is 7.97. The standard InChI is InChI=1S/C23H21Br3N2O2/c1-14-4-3-5-19(8-14)28-22(29)13-30-23-16(10-18(25)11-20(23)26)12-27-21-7-6-17(24)9-15(21)2/h3-11,27H,12-13H2,1-2H3,(H,28,29). The molecule has 1 amide bonds. The molecule has 0 unspecified atom stereocenters. The van der Waals surface area contributed by atoms with Gasteiger partial charge < -0.3 is 15.4 Å². The minimum absolute atomic E-state index is 0.0848. The first-order valence-corrected chi connectivity index (χ1v) is 11.7. The van der Waals surface area contributed by atoms with Gasteiger partial charge in [-0.3, -0.25) is 4.79 Å². The van der Waals surface area contributed by atoms with Crippen LogP contribution in [0.3, 0.4) is 0 Å². The molecule has 0 aromatic heterocycles. The maximum Gasteiger partial charge on any atom is 0.262 e. The summed E-state index contributed by atoms with van der Waals surface area (Å²) < 4.78 is 8.65. The largest absolute Gasteiger partial charge is 0.482 e. The number of carbonyl (C=O) groups excluding carboxylic acids is 1. The van der Waals surface area contributed by atoms with E-state index in [1.807, 2.05) is 55.5 Å². The van der Waals surface area contributed by atoms with Crippen LogP contribution in [0.15, 0.2) is 68.0 Å². The summed E-state index contributed by atoms with van der Waals surface area (Å²) in [6.45, 7) is 4.50. The van der Waals surface area contributed by atoms with Gasteiger partial charge in [0.05, 0.1) is 4.47 Å². The van der Waals surface area contributed by atoms with E-state index >= 15 is 0 Å². The maximum absolute atomic E-state index is 12.4. The van der Waals surface area contributed by atoms with E-state index in [0.717, 1.165) is 41.5 Å². The number of halogens is 3. The Balaban J connectivity index is 1.70. The predicted molar refractivity (Wildman–Crippen MR) is 133 cm³/mol. The number of anilines is 2. The second kappa shape index (κ2) is 10.5. The first-order chi connectivity index (χ1) is 14.3. The number of hydrogen-bond acceptors (Lipinski definition) is 3. The van der Waals surface area contributed by atoms with E-state index in [1.165, 1.54) is 0 Å². The Labute approximate surface area is 201 Å². The number of rotatable bonds is 7. The van der Waals surface area contributed by atoms with Gasteiger partial charge in [-0.05, 0) is 83.4 Å². The van der Waals surface area contributed by atoms with Gasteiger partial charge in [0.25, 0.3) is 5.91 Å². The molecule has 30 heavy (non-hydrogen) atoms. The number of ether oxygens (including phenoxy) is 1. The Morgan fingerprint density at radius 3 is 2.50 bits per heavy atom. The highest BCUT2D eigenvalue weighted by atomic mass is 79.9. The van der Waals surface area contributed by atoms with Crippen LogP contribution in [0.25, 0.3) is 0 Å². The van der Waals surface area contributed by atoms with E-state index in [0.29, 0.717) is 12.3 Å². The fraction of sp³-hybridized carbons (Fsp3) is 0.174.